The molecule has 8 heteroatoms. The van der Waals surface area contributed by atoms with Crippen LogP contribution < -0.4 is 10.6 Å². The zero-order valence-corrected chi connectivity index (χ0v) is 19.0. The smallest absolute Gasteiger partial charge is 0.219 e. The van der Waals surface area contributed by atoms with E-state index in [1.807, 2.05) is 11.0 Å². The molecule has 2 aliphatic heterocycles. The van der Waals surface area contributed by atoms with Gasteiger partial charge in [-0.3, -0.25) is 9.78 Å². The van der Waals surface area contributed by atoms with Crippen LogP contribution in [0.2, 0.25) is 0 Å². The number of hydrogen-bond donors (Lipinski definition) is 2. The van der Waals surface area contributed by atoms with Gasteiger partial charge in [-0.25, -0.2) is 9.97 Å². The molecule has 0 spiro atoms. The molecule has 1 amide bonds. The first-order chi connectivity index (χ1) is 16.2. The summed E-state index contributed by atoms with van der Waals surface area (Å²) in [7, 11) is 0. The lowest BCUT2D eigenvalue weighted by atomic mass is 9.89. The van der Waals surface area contributed by atoms with Crippen LogP contribution in [0.4, 0.5) is 5.82 Å². The number of pyridine rings is 1. The van der Waals surface area contributed by atoms with E-state index in [1.165, 1.54) is 5.56 Å². The summed E-state index contributed by atoms with van der Waals surface area (Å²) in [5.74, 6) is 1.39. The fraction of sp³-hybridized carbons (Fsp3) is 0.440. The van der Waals surface area contributed by atoms with Gasteiger partial charge in [-0.1, -0.05) is 24.3 Å². The van der Waals surface area contributed by atoms with Gasteiger partial charge in [-0.15, -0.1) is 0 Å². The van der Waals surface area contributed by atoms with E-state index >= 15 is 0 Å². The Morgan fingerprint density at radius 2 is 1.97 bits per heavy atom. The molecule has 5 rings (SSSR count). The van der Waals surface area contributed by atoms with Gasteiger partial charge in [-0.2, -0.15) is 0 Å². The van der Waals surface area contributed by atoms with Gasteiger partial charge in [0.2, 0.25) is 5.91 Å². The lowest BCUT2D eigenvalue weighted by Crippen LogP contribution is -2.42. The largest absolute Gasteiger partial charge is 0.374 e. The quantitative estimate of drug-likeness (QED) is 0.623. The van der Waals surface area contributed by atoms with Crippen LogP contribution >= 0.6 is 0 Å². The maximum Gasteiger partial charge on any atom is 0.219 e. The Labute approximate surface area is 193 Å². The first-order valence-corrected chi connectivity index (χ1v) is 11.7. The second-order valence-corrected chi connectivity index (χ2v) is 8.76. The maximum atomic E-state index is 11.6. The van der Waals surface area contributed by atoms with Gasteiger partial charge in [0.25, 0.3) is 0 Å². The number of ether oxygens (including phenoxy) is 1. The number of morpholine rings is 1. The molecule has 8 nitrogen and oxygen atoms in total. The summed E-state index contributed by atoms with van der Waals surface area (Å²) in [4.78, 5) is 27.4. The number of piperidine rings is 1. The molecule has 2 aliphatic rings. The Morgan fingerprint density at radius 1 is 1.18 bits per heavy atom. The van der Waals surface area contributed by atoms with Crippen molar-refractivity contribution in [2.45, 2.75) is 31.8 Å². The number of rotatable bonds is 5. The van der Waals surface area contributed by atoms with Gasteiger partial charge in [0.1, 0.15) is 5.52 Å². The fourth-order valence-electron chi connectivity index (χ4n) is 4.66. The fourth-order valence-corrected chi connectivity index (χ4v) is 4.66. The van der Waals surface area contributed by atoms with E-state index in [-0.39, 0.29) is 12.0 Å². The van der Waals surface area contributed by atoms with Gasteiger partial charge in [0.15, 0.2) is 5.82 Å². The molecule has 2 fully saturated rings. The van der Waals surface area contributed by atoms with Crippen LogP contribution in [-0.4, -0.2) is 71.2 Å². The predicted molar refractivity (Wildman–Crippen MR) is 128 cm³/mol. The molecule has 0 aliphatic carbocycles. The highest BCUT2D eigenvalue weighted by molar-refractivity contribution is 5.88. The van der Waals surface area contributed by atoms with E-state index in [0.717, 1.165) is 73.7 Å². The number of carbonyl (C=O) groups is 1. The number of nitrogens with zero attached hydrogens (tertiary/aromatic N) is 4. The molecule has 4 heterocycles. The van der Waals surface area contributed by atoms with E-state index in [0.29, 0.717) is 12.5 Å². The number of hydrogen-bond acceptors (Lipinski definition) is 7. The van der Waals surface area contributed by atoms with Gasteiger partial charge >= 0.3 is 0 Å². The second kappa shape index (κ2) is 9.80. The number of carbonyl (C=O) groups excluding carboxylic acids is 1. The average molecular weight is 447 g/mol. The predicted octanol–water partition coefficient (Wildman–Crippen LogP) is 2.82. The number of amides is 1. The summed E-state index contributed by atoms with van der Waals surface area (Å²) in [6, 6.07) is 10.7. The van der Waals surface area contributed by atoms with E-state index in [1.54, 1.807) is 19.3 Å². The molecule has 1 aromatic carbocycles. The van der Waals surface area contributed by atoms with E-state index < -0.39 is 0 Å². The lowest BCUT2D eigenvalue weighted by Gasteiger charge is -2.31. The third kappa shape index (κ3) is 4.96. The summed E-state index contributed by atoms with van der Waals surface area (Å²) in [6.45, 7) is 6.42. The Kier molecular flexibility index (Phi) is 6.46. The van der Waals surface area contributed by atoms with Gasteiger partial charge < -0.3 is 20.3 Å². The van der Waals surface area contributed by atoms with Gasteiger partial charge in [0.05, 0.1) is 23.9 Å². The third-order valence-electron chi connectivity index (χ3n) is 6.58. The minimum atomic E-state index is 0.102. The second-order valence-electron chi connectivity index (χ2n) is 8.76. The van der Waals surface area contributed by atoms with Crippen LogP contribution in [0.25, 0.3) is 22.3 Å². The first-order valence-electron chi connectivity index (χ1n) is 11.7. The molecule has 0 bridgehead atoms. The topological polar surface area (TPSA) is 92.3 Å². The van der Waals surface area contributed by atoms with Crippen molar-refractivity contribution in [1.82, 2.24) is 25.2 Å². The highest BCUT2D eigenvalue weighted by atomic mass is 16.5. The first kappa shape index (κ1) is 21.7. The Balaban J connectivity index is 1.35. The van der Waals surface area contributed by atoms with Gasteiger partial charge in [-0.05, 0) is 30.4 Å². The zero-order valence-electron chi connectivity index (χ0n) is 19.0. The SMILES string of the molecule is CC(=O)N1CCC(c2ccc(-c3cc4nccnc4c(NC[C@@H]4CNCCO4)n3)cc2)CC1. The van der Waals surface area contributed by atoms with Crippen molar-refractivity contribution < 1.29 is 9.53 Å². The third-order valence-corrected chi connectivity index (χ3v) is 6.58. The van der Waals surface area contributed by atoms with Gasteiger partial charge in [0, 0.05) is 57.6 Å². The molecule has 2 saturated heterocycles. The van der Waals surface area contributed by atoms with E-state index in [2.05, 4.69) is 44.9 Å². The zero-order chi connectivity index (χ0) is 22.6. The normalized spacial score (nSPS) is 19.5. The highest BCUT2D eigenvalue weighted by Crippen LogP contribution is 2.31. The van der Waals surface area contributed by atoms with Crippen molar-refractivity contribution in [2.24, 2.45) is 0 Å². The van der Waals surface area contributed by atoms with Crippen molar-refractivity contribution in [3.05, 3.63) is 48.3 Å². The monoisotopic (exact) mass is 446 g/mol. The Hall–Kier alpha value is -3.10. The van der Waals surface area contributed by atoms with Crippen LogP contribution in [0.1, 0.15) is 31.2 Å². The molecule has 172 valence electrons. The average Bonchev–Trinajstić information content (AvgIpc) is 2.88. The van der Waals surface area contributed by atoms with Crippen molar-refractivity contribution in [3.63, 3.8) is 0 Å². The highest BCUT2D eigenvalue weighted by Gasteiger charge is 2.22. The standard InChI is InChI=1S/C25H30N6O2/c1-17(32)31-11-6-19(7-12-31)18-2-4-20(5-3-18)22-14-23-24(28-9-8-27-23)25(30-22)29-16-21-15-26-10-13-33-21/h2-5,8-9,14,19,21,26H,6-7,10-13,15-16H2,1H3,(H,29,30)/t21-/m0/s1. The van der Waals surface area contributed by atoms with Crippen LogP contribution in [0, 0.1) is 0 Å². The number of nitrogens with one attached hydrogen (secondary N) is 2. The molecule has 2 N–H and O–H groups in total. The number of anilines is 1. The van der Waals surface area contributed by atoms with Crippen molar-refractivity contribution in [1.29, 1.82) is 0 Å². The number of aromatic nitrogens is 3. The van der Waals surface area contributed by atoms with Crippen molar-refractivity contribution in [3.8, 4) is 11.3 Å². The Morgan fingerprint density at radius 3 is 2.70 bits per heavy atom. The summed E-state index contributed by atoms with van der Waals surface area (Å²) in [5, 5.41) is 6.79. The summed E-state index contributed by atoms with van der Waals surface area (Å²) in [6.07, 6.45) is 5.52. The maximum absolute atomic E-state index is 11.6. The molecule has 0 saturated carbocycles. The molecule has 0 radical (unpaired) electrons. The molecular formula is C25H30N6O2. The van der Waals surface area contributed by atoms with Crippen LogP contribution in [0.5, 0.6) is 0 Å². The molecule has 3 aromatic rings. The van der Waals surface area contributed by atoms with Crippen LogP contribution in [-0.2, 0) is 9.53 Å². The number of likely N-dealkylation sites (tertiary alicyclic amines) is 1. The van der Waals surface area contributed by atoms with Crippen molar-refractivity contribution >= 4 is 22.8 Å². The minimum absolute atomic E-state index is 0.102. The lowest BCUT2D eigenvalue weighted by molar-refractivity contribution is -0.129. The summed E-state index contributed by atoms with van der Waals surface area (Å²) in [5.41, 5.74) is 4.81. The molecular weight excluding hydrogens is 416 g/mol. The number of fused-ring (bicyclic) bond motifs is 1. The summed E-state index contributed by atoms with van der Waals surface area (Å²) < 4.78 is 5.81. The molecule has 2 aromatic heterocycles. The van der Waals surface area contributed by atoms with Crippen LogP contribution in [0.3, 0.4) is 0 Å². The summed E-state index contributed by atoms with van der Waals surface area (Å²) >= 11 is 0. The van der Waals surface area contributed by atoms with Crippen LogP contribution in [0.15, 0.2) is 42.7 Å². The molecule has 33 heavy (non-hydrogen) atoms. The van der Waals surface area contributed by atoms with E-state index in [4.69, 9.17) is 9.72 Å². The molecule has 0 unspecified atom stereocenters. The van der Waals surface area contributed by atoms with E-state index in [9.17, 15) is 4.79 Å². The Bertz CT molecular complexity index is 1110. The molecule has 1 atom stereocenters. The number of benzene rings is 1. The minimum Gasteiger partial charge on any atom is -0.374 e. The van der Waals surface area contributed by atoms with Crippen molar-refractivity contribution in [2.75, 3.05) is 44.6 Å².